The number of hydrogen-bond donors (Lipinski definition) is 2. The van der Waals surface area contributed by atoms with E-state index in [4.69, 9.17) is 11.6 Å². The average molecular weight is 361 g/mol. The first-order chi connectivity index (χ1) is 11.1. The lowest BCUT2D eigenvalue weighted by Gasteiger charge is -2.19. The Bertz CT molecular complexity index is 830. The molecule has 9 heteroatoms. The van der Waals surface area contributed by atoms with Crippen molar-refractivity contribution in [3.63, 3.8) is 0 Å². The molecule has 5 nitrogen and oxygen atoms in total. The highest BCUT2D eigenvalue weighted by atomic mass is 35.5. The molecule has 0 saturated carbocycles. The maximum atomic E-state index is 14.0. The summed E-state index contributed by atoms with van der Waals surface area (Å²) in [7, 11) is 0. The fraction of sp³-hybridized carbons (Fsp3) is 0.200. The van der Waals surface area contributed by atoms with E-state index >= 15 is 0 Å². The molecule has 0 aliphatic rings. The van der Waals surface area contributed by atoms with E-state index in [0.29, 0.717) is 0 Å². The number of nitro benzene ring substituents is 1. The van der Waals surface area contributed by atoms with Gasteiger partial charge in [-0.05, 0) is 31.5 Å². The zero-order valence-electron chi connectivity index (χ0n) is 12.5. The van der Waals surface area contributed by atoms with Gasteiger partial charge in [0.15, 0.2) is 11.6 Å². The number of nitrogens with one attached hydrogen (secondary N) is 1. The Morgan fingerprint density at radius 2 is 1.92 bits per heavy atom. The van der Waals surface area contributed by atoms with E-state index in [2.05, 4.69) is 5.32 Å². The maximum Gasteiger partial charge on any atom is 0.294 e. The highest BCUT2D eigenvalue weighted by Gasteiger charge is 2.26. The Balaban J connectivity index is 2.52. The maximum absolute atomic E-state index is 14.0. The van der Waals surface area contributed by atoms with Gasteiger partial charge < -0.3 is 10.4 Å². The van der Waals surface area contributed by atoms with Crippen LogP contribution in [0.5, 0.6) is 5.75 Å². The number of phenols is 1. The molecule has 0 aromatic heterocycles. The van der Waals surface area contributed by atoms with Crippen LogP contribution in [0.2, 0.25) is 5.02 Å². The van der Waals surface area contributed by atoms with Crippen molar-refractivity contribution in [1.82, 2.24) is 0 Å². The fourth-order valence-corrected chi connectivity index (χ4v) is 2.47. The van der Waals surface area contributed by atoms with Crippen molar-refractivity contribution >= 4 is 23.0 Å². The minimum absolute atomic E-state index is 0.206. The number of rotatable bonds is 4. The molecule has 2 rings (SSSR count). The lowest BCUT2D eigenvalue weighted by atomic mass is 10.0. The molecule has 2 aromatic carbocycles. The third kappa shape index (κ3) is 3.09. The first-order valence-electron chi connectivity index (χ1n) is 6.71. The molecule has 0 fully saturated rings. The Morgan fingerprint density at radius 1 is 1.29 bits per heavy atom. The predicted molar refractivity (Wildman–Crippen MR) is 82.9 cm³/mol. The normalized spacial score (nSPS) is 12.1. The van der Waals surface area contributed by atoms with Gasteiger partial charge in [0.1, 0.15) is 22.3 Å². The van der Waals surface area contributed by atoms with Gasteiger partial charge in [0.2, 0.25) is 0 Å². The molecule has 0 saturated heterocycles. The molecule has 0 heterocycles. The SMILES string of the molecule is Cc1cc(F)c(C(C)Nc2c([N+](=O)[O-])ccc(O)c2Cl)c(F)c1F. The first-order valence-corrected chi connectivity index (χ1v) is 7.09. The second-order valence-electron chi connectivity index (χ2n) is 5.13. The summed E-state index contributed by atoms with van der Waals surface area (Å²) in [6.07, 6.45) is 0. The summed E-state index contributed by atoms with van der Waals surface area (Å²) in [5.74, 6) is -4.07. The number of nitrogens with zero attached hydrogens (tertiary/aromatic N) is 1. The van der Waals surface area contributed by atoms with Gasteiger partial charge in [-0.1, -0.05) is 11.6 Å². The largest absolute Gasteiger partial charge is 0.506 e. The third-order valence-electron chi connectivity index (χ3n) is 3.47. The second-order valence-corrected chi connectivity index (χ2v) is 5.51. The van der Waals surface area contributed by atoms with Crippen LogP contribution in [0, 0.1) is 34.5 Å². The van der Waals surface area contributed by atoms with Crippen LogP contribution in [-0.4, -0.2) is 10.0 Å². The van der Waals surface area contributed by atoms with Crippen molar-refractivity contribution in [2.24, 2.45) is 0 Å². The van der Waals surface area contributed by atoms with Gasteiger partial charge in [0.25, 0.3) is 5.69 Å². The number of benzene rings is 2. The molecule has 128 valence electrons. The number of nitro groups is 1. The zero-order valence-corrected chi connectivity index (χ0v) is 13.3. The van der Waals surface area contributed by atoms with Crippen molar-refractivity contribution in [3.05, 3.63) is 61.9 Å². The van der Waals surface area contributed by atoms with Gasteiger partial charge in [-0.2, -0.15) is 0 Å². The van der Waals surface area contributed by atoms with E-state index in [0.717, 1.165) is 18.2 Å². The van der Waals surface area contributed by atoms with E-state index < -0.39 is 45.4 Å². The van der Waals surface area contributed by atoms with Crippen molar-refractivity contribution in [2.75, 3.05) is 5.32 Å². The van der Waals surface area contributed by atoms with Crippen molar-refractivity contribution < 1.29 is 23.2 Å². The summed E-state index contributed by atoms with van der Waals surface area (Å²) in [6, 6.07) is 1.63. The number of aryl methyl sites for hydroxylation is 1. The number of halogens is 4. The number of hydrogen-bond acceptors (Lipinski definition) is 4. The lowest BCUT2D eigenvalue weighted by molar-refractivity contribution is -0.384. The molecular weight excluding hydrogens is 349 g/mol. The molecule has 2 aromatic rings. The van der Waals surface area contributed by atoms with Crippen LogP contribution in [0.3, 0.4) is 0 Å². The van der Waals surface area contributed by atoms with Gasteiger partial charge in [-0.25, -0.2) is 13.2 Å². The third-order valence-corrected chi connectivity index (χ3v) is 3.85. The van der Waals surface area contributed by atoms with Crippen LogP contribution in [-0.2, 0) is 0 Å². The number of aromatic hydroxyl groups is 1. The van der Waals surface area contributed by atoms with Crippen molar-refractivity contribution in [3.8, 4) is 5.75 Å². The van der Waals surface area contributed by atoms with Crippen molar-refractivity contribution in [2.45, 2.75) is 19.9 Å². The summed E-state index contributed by atoms with van der Waals surface area (Å²) in [5.41, 5.74) is -1.67. The van der Waals surface area contributed by atoms with E-state index in [1.807, 2.05) is 0 Å². The molecule has 0 radical (unpaired) electrons. The van der Waals surface area contributed by atoms with E-state index in [9.17, 15) is 28.4 Å². The summed E-state index contributed by atoms with van der Waals surface area (Å²) < 4.78 is 41.7. The number of phenolic OH excluding ortho intramolecular Hbond substituents is 1. The monoisotopic (exact) mass is 360 g/mol. The van der Waals surface area contributed by atoms with Crippen molar-refractivity contribution in [1.29, 1.82) is 0 Å². The van der Waals surface area contributed by atoms with Crippen LogP contribution >= 0.6 is 11.6 Å². The Hall–Kier alpha value is -2.48. The Labute approximate surface area is 139 Å². The lowest BCUT2D eigenvalue weighted by Crippen LogP contribution is -2.14. The molecule has 0 bridgehead atoms. The average Bonchev–Trinajstić information content (AvgIpc) is 2.49. The molecule has 0 spiro atoms. The van der Waals surface area contributed by atoms with Crippen LogP contribution in [0.15, 0.2) is 18.2 Å². The minimum atomic E-state index is -1.40. The summed E-state index contributed by atoms with van der Waals surface area (Å²) >= 11 is 5.83. The minimum Gasteiger partial charge on any atom is -0.506 e. The number of anilines is 1. The van der Waals surface area contributed by atoms with Crippen LogP contribution in [0.25, 0.3) is 0 Å². The molecule has 24 heavy (non-hydrogen) atoms. The van der Waals surface area contributed by atoms with E-state index in [1.165, 1.54) is 13.8 Å². The van der Waals surface area contributed by atoms with Gasteiger partial charge in [-0.15, -0.1) is 0 Å². The van der Waals surface area contributed by atoms with E-state index in [-0.39, 0.29) is 16.3 Å². The van der Waals surface area contributed by atoms with Gasteiger partial charge >= 0.3 is 0 Å². The highest BCUT2D eigenvalue weighted by molar-refractivity contribution is 6.35. The molecule has 0 aliphatic carbocycles. The smallest absolute Gasteiger partial charge is 0.294 e. The fourth-order valence-electron chi connectivity index (χ4n) is 2.26. The highest BCUT2D eigenvalue weighted by Crippen LogP contribution is 2.40. The van der Waals surface area contributed by atoms with Gasteiger partial charge in [-0.3, -0.25) is 10.1 Å². The quantitative estimate of drug-likeness (QED) is 0.464. The Morgan fingerprint density at radius 3 is 2.50 bits per heavy atom. The zero-order chi connectivity index (χ0) is 18.2. The van der Waals surface area contributed by atoms with Gasteiger partial charge in [0.05, 0.1) is 11.0 Å². The molecule has 0 amide bonds. The standard InChI is InChI=1S/C15H12ClF3N2O3/c1-6-5-8(17)11(14(19)13(6)18)7(2)20-15-9(21(23)24)3-4-10(22)12(15)16/h3-5,7,20,22H,1-2H3. The second kappa shape index (κ2) is 6.56. The molecule has 2 N–H and O–H groups in total. The molecular formula is C15H12ClF3N2O3. The van der Waals surface area contributed by atoms with Crippen LogP contribution < -0.4 is 5.32 Å². The van der Waals surface area contributed by atoms with Crippen LogP contribution in [0.1, 0.15) is 24.1 Å². The molecule has 0 aliphatic heterocycles. The summed E-state index contributed by atoms with van der Waals surface area (Å²) in [5, 5.41) is 22.7. The molecule has 1 unspecified atom stereocenters. The summed E-state index contributed by atoms with van der Waals surface area (Å²) in [4.78, 5) is 10.3. The van der Waals surface area contributed by atoms with E-state index in [1.54, 1.807) is 0 Å². The summed E-state index contributed by atoms with van der Waals surface area (Å²) in [6.45, 7) is 2.49. The van der Waals surface area contributed by atoms with Crippen LogP contribution in [0.4, 0.5) is 24.5 Å². The predicted octanol–water partition coefficient (Wildman–Crippen LogP) is 4.85. The Kier molecular flexibility index (Phi) is 4.88. The first kappa shape index (κ1) is 17.9. The topological polar surface area (TPSA) is 75.4 Å². The molecule has 1 atom stereocenters. The van der Waals surface area contributed by atoms with Gasteiger partial charge in [0, 0.05) is 11.6 Å².